The highest BCUT2D eigenvalue weighted by molar-refractivity contribution is 5.58. The topological polar surface area (TPSA) is 63.8 Å². The average Bonchev–Trinajstić information content (AvgIpc) is 2.16. The zero-order valence-corrected chi connectivity index (χ0v) is 7.42. The van der Waals surface area contributed by atoms with E-state index in [1.807, 2.05) is 5.32 Å². The third-order valence-electron chi connectivity index (χ3n) is 1.55. The lowest BCUT2D eigenvalue weighted by Crippen LogP contribution is -2.35. The van der Waals surface area contributed by atoms with E-state index in [0.29, 0.717) is 0 Å². The number of nitrogen functional groups attached to an aromatic ring is 1. The number of rotatable bonds is 4. The first-order chi connectivity index (χ1) is 6.93. The monoisotopic (exact) mass is 224 g/mol. The van der Waals surface area contributed by atoms with Crippen LogP contribution in [0.2, 0.25) is 0 Å². The van der Waals surface area contributed by atoms with E-state index in [1.165, 1.54) is 6.20 Å². The molecule has 1 heterocycles. The van der Waals surface area contributed by atoms with E-state index in [2.05, 4.69) is 9.97 Å². The first kappa shape index (κ1) is 11.5. The van der Waals surface area contributed by atoms with Crippen molar-refractivity contribution in [3.63, 3.8) is 0 Å². The second kappa shape index (κ2) is 4.28. The van der Waals surface area contributed by atoms with E-state index in [0.717, 1.165) is 6.33 Å². The molecule has 8 heteroatoms. The van der Waals surface area contributed by atoms with Crippen LogP contribution in [0.15, 0.2) is 12.5 Å². The number of halogens is 4. The van der Waals surface area contributed by atoms with Crippen LogP contribution in [0.25, 0.3) is 0 Å². The Bertz CT molecular complexity index is 331. The number of alkyl halides is 4. The zero-order chi connectivity index (χ0) is 11.5. The number of anilines is 2. The summed E-state index contributed by atoms with van der Waals surface area (Å²) >= 11 is 0. The molecule has 3 N–H and O–H groups in total. The Morgan fingerprint density at radius 3 is 2.67 bits per heavy atom. The van der Waals surface area contributed by atoms with E-state index >= 15 is 0 Å². The molecule has 0 fully saturated rings. The fourth-order valence-corrected chi connectivity index (χ4v) is 0.767. The predicted octanol–water partition coefficient (Wildman–Crippen LogP) is 1.37. The van der Waals surface area contributed by atoms with Crippen LogP contribution in [0.4, 0.5) is 29.1 Å². The van der Waals surface area contributed by atoms with Gasteiger partial charge in [-0.25, -0.2) is 18.7 Å². The maximum absolute atomic E-state index is 12.5. The second-order valence-electron chi connectivity index (χ2n) is 2.74. The molecule has 0 unspecified atom stereocenters. The predicted molar refractivity (Wildman–Crippen MR) is 45.9 cm³/mol. The minimum atomic E-state index is -4.11. The summed E-state index contributed by atoms with van der Waals surface area (Å²) in [6.07, 6.45) is -1.48. The molecule has 1 aromatic heterocycles. The van der Waals surface area contributed by atoms with Crippen LogP contribution in [0.1, 0.15) is 0 Å². The number of nitrogens with two attached hydrogens (primary N) is 1. The molecule has 1 rings (SSSR count). The molecule has 0 aliphatic carbocycles. The molecule has 15 heavy (non-hydrogen) atoms. The van der Waals surface area contributed by atoms with Gasteiger partial charge in [-0.15, -0.1) is 0 Å². The molecule has 0 saturated heterocycles. The van der Waals surface area contributed by atoms with Crippen LogP contribution >= 0.6 is 0 Å². The molecule has 0 atom stereocenters. The molecule has 0 aromatic carbocycles. The molecular formula is C7H8F4N4. The van der Waals surface area contributed by atoms with Crippen LogP contribution in [-0.4, -0.2) is 28.9 Å². The molecule has 0 saturated carbocycles. The second-order valence-corrected chi connectivity index (χ2v) is 2.74. The first-order valence-electron chi connectivity index (χ1n) is 3.89. The molecule has 1 aromatic rings. The van der Waals surface area contributed by atoms with Crippen LogP contribution in [0, 0.1) is 0 Å². The van der Waals surface area contributed by atoms with Gasteiger partial charge >= 0.3 is 12.3 Å². The Labute approximate surface area is 82.5 Å². The third kappa shape index (κ3) is 2.93. The summed E-state index contributed by atoms with van der Waals surface area (Å²) in [4.78, 5) is 7.03. The Balaban J connectivity index is 2.62. The quantitative estimate of drug-likeness (QED) is 0.758. The van der Waals surface area contributed by atoms with Crippen molar-refractivity contribution >= 4 is 11.5 Å². The number of hydrogen-bond acceptors (Lipinski definition) is 4. The number of nitrogens with zero attached hydrogens (tertiary/aromatic N) is 2. The standard InChI is InChI=1S/C7H8F4N4/c8-6(9)7(10,11)2-14-5-4(12)1-13-3-15-5/h1,3,6H,2,12H2,(H,13,14,15). The van der Waals surface area contributed by atoms with Crippen molar-refractivity contribution in [2.45, 2.75) is 12.3 Å². The lowest BCUT2D eigenvalue weighted by Gasteiger charge is -2.16. The largest absolute Gasteiger partial charge is 0.394 e. The smallest absolute Gasteiger partial charge is 0.324 e. The lowest BCUT2D eigenvalue weighted by atomic mass is 10.3. The maximum atomic E-state index is 12.5. The van der Waals surface area contributed by atoms with Gasteiger partial charge in [0.1, 0.15) is 6.33 Å². The van der Waals surface area contributed by atoms with E-state index in [1.54, 1.807) is 0 Å². The van der Waals surface area contributed by atoms with Crippen LogP contribution in [-0.2, 0) is 0 Å². The molecule has 0 radical (unpaired) electrons. The number of nitrogens with one attached hydrogen (secondary N) is 1. The third-order valence-corrected chi connectivity index (χ3v) is 1.55. The van der Waals surface area contributed by atoms with E-state index in [4.69, 9.17) is 5.73 Å². The summed E-state index contributed by atoms with van der Waals surface area (Å²) in [5.41, 5.74) is 5.32. The lowest BCUT2D eigenvalue weighted by molar-refractivity contribution is -0.117. The van der Waals surface area contributed by atoms with Gasteiger partial charge in [0.25, 0.3) is 0 Å². The molecule has 84 valence electrons. The number of aromatic nitrogens is 2. The van der Waals surface area contributed by atoms with Gasteiger partial charge in [0.15, 0.2) is 5.82 Å². The summed E-state index contributed by atoms with van der Waals surface area (Å²) < 4.78 is 48.5. The van der Waals surface area contributed by atoms with Crippen molar-refractivity contribution < 1.29 is 17.6 Å². The minimum Gasteiger partial charge on any atom is -0.394 e. The summed E-state index contributed by atoms with van der Waals surface area (Å²) in [6.45, 7) is -1.23. The fourth-order valence-electron chi connectivity index (χ4n) is 0.767. The van der Waals surface area contributed by atoms with E-state index < -0.39 is 18.9 Å². The summed E-state index contributed by atoms with van der Waals surface area (Å²) in [6, 6.07) is 0. The first-order valence-corrected chi connectivity index (χ1v) is 3.89. The van der Waals surface area contributed by atoms with Crippen molar-refractivity contribution in [3.8, 4) is 0 Å². The molecular weight excluding hydrogens is 216 g/mol. The molecule has 0 spiro atoms. The molecule has 4 nitrogen and oxygen atoms in total. The van der Waals surface area contributed by atoms with Gasteiger partial charge < -0.3 is 11.1 Å². The van der Waals surface area contributed by atoms with Crippen molar-refractivity contribution in [2.75, 3.05) is 17.6 Å². The van der Waals surface area contributed by atoms with E-state index in [9.17, 15) is 17.6 Å². The van der Waals surface area contributed by atoms with Gasteiger partial charge in [0.2, 0.25) is 0 Å². The molecule has 0 amide bonds. The van der Waals surface area contributed by atoms with Crippen molar-refractivity contribution in [1.82, 2.24) is 9.97 Å². The van der Waals surface area contributed by atoms with Gasteiger partial charge in [0, 0.05) is 0 Å². The Morgan fingerprint density at radius 2 is 2.13 bits per heavy atom. The average molecular weight is 224 g/mol. The van der Waals surface area contributed by atoms with Crippen LogP contribution in [0.3, 0.4) is 0 Å². The minimum absolute atomic E-state index is 0.0163. The normalized spacial score (nSPS) is 11.8. The molecule has 0 bridgehead atoms. The SMILES string of the molecule is Nc1cncnc1NCC(F)(F)C(F)F. The highest BCUT2D eigenvalue weighted by Gasteiger charge is 2.40. The van der Waals surface area contributed by atoms with Gasteiger partial charge in [-0.2, -0.15) is 8.78 Å². The van der Waals surface area contributed by atoms with Crippen molar-refractivity contribution in [2.24, 2.45) is 0 Å². The summed E-state index contributed by atoms with van der Waals surface area (Å²) in [5.74, 6) is -4.21. The highest BCUT2D eigenvalue weighted by atomic mass is 19.3. The van der Waals surface area contributed by atoms with Gasteiger partial charge in [-0.3, -0.25) is 0 Å². The Morgan fingerprint density at radius 1 is 1.47 bits per heavy atom. The van der Waals surface area contributed by atoms with E-state index in [-0.39, 0.29) is 11.5 Å². The van der Waals surface area contributed by atoms with Gasteiger partial charge in [-0.1, -0.05) is 0 Å². The highest BCUT2D eigenvalue weighted by Crippen LogP contribution is 2.23. The van der Waals surface area contributed by atoms with Crippen molar-refractivity contribution in [1.29, 1.82) is 0 Å². The van der Waals surface area contributed by atoms with Crippen LogP contribution < -0.4 is 11.1 Å². The van der Waals surface area contributed by atoms with Gasteiger partial charge in [-0.05, 0) is 0 Å². The Kier molecular flexibility index (Phi) is 3.28. The maximum Gasteiger partial charge on any atom is 0.324 e. The number of hydrogen-bond donors (Lipinski definition) is 2. The molecule has 0 aliphatic heterocycles. The zero-order valence-electron chi connectivity index (χ0n) is 7.42. The van der Waals surface area contributed by atoms with Crippen molar-refractivity contribution in [3.05, 3.63) is 12.5 Å². The van der Waals surface area contributed by atoms with Crippen LogP contribution in [0.5, 0.6) is 0 Å². The summed E-state index contributed by atoms with van der Waals surface area (Å²) in [7, 11) is 0. The summed E-state index contributed by atoms with van der Waals surface area (Å²) in [5, 5.41) is 2.03. The fraction of sp³-hybridized carbons (Fsp3) is 0.429. The van der Waals surface area contributed by atoms with Gasteiger partial charge in [0.05, 0.1) is 18.4 Å². The molecule has 0 aliphatic rings. The Hall–Kier alpha value is -1.60.